The Morgan fingerprint density at radius 2 is 1.45 bits per heavy atom. The van der Waals surface area contributed by atoms with Crippen LogP contribution in [0.5, 0.6) is 0 Å². The first-order chi connectivity index (χ1) is 9.17. The fraction of sp³-hybridized carbons (Fsp3) is 0.941. The SMILES string of the molecule is CC1(C)CC(NC2CCC(C(=O)O)CC2)CC(C)(C)C1. The van der Waals surface area contributed by atoms with Gasteiger partial charge in [-0.2, -0.15) is 0 Å². The Bertz CT molecular complexity index is 338. The average Bonchev–Trinajstić information content (AvgIpc) is 2.25. The smallest absolute Gasteiger partial charge is 0.306 e. The molecule has 0 radical (unpaired) electrons. The zero-order valence-electron chi connectivity index (χ0n) is 13.5. The van der Waals surface area contributed by atoms with Crippen molar-refractivity contribution in [1.82, 2.24) is 5.32 Å². The minimum atomic E-state index is -0.608. The quantitative estimate of drug-likeness (QED) is 0.826. The molecule has 0 saturated heterocycles. The van der Waals surface area contributed by atoms with Crippen LogP contribution in [0.3, 0.4) is 0 Å². The third kappa shape index (κ3) is 4.21. The molecule has 0 spiro atoms. The number of carboxylic acid groups (broad SMARTS) is 1. The molecule has 0 amide bonds. The van der Waals surface area contributed by atoms with Crippen LogP contribution in [0.4, 0.5) is 0 Å². The van der Waals surface area contributed by atoms with Gasteiger partial charge in [-0.25, -0.2) is 0 Å². The third-order valence-corrected chi connectivity index (χ3v) is 5.10. The highest BCUT2D eigenvalue weighted by molar-refractivity contribution is 5.70. The second-order valence-corrected chi connectivity index (χ2v) is 8.66. The zero-order valence-corrected chi connectivity index (χ0v) is 13.5. The molecule has 0 atom stereocenters. The molecule has 2 fully saturated rings. The largest absolute Gasteiger partial charge is 0.481 e. The van der Waals surface area contributed by atoms with E-state index < -0.39 is 5.97 Å². The number of aliphatic carboxylic acids is 1. The number of hydrogen-bond acceptors (Lipinski definition) is 2. The second kappa shape index (κ2) is 5.67. The standard InChI is InChI=1S/C17H31NO2/c1-16(2)9-14(10-17(3,4)11-16)18-13-7-5-12(6-8-13)15(19)20/h12-14,18H,5-11H2,1-4H3,(H,19,20). The average molecular weight is 281 g/mol. The Morgan fingerprint density at radius 3 is 1.90 bits per heavy atom. The Morgan fingerprint density at radius 1 is 0.950 bits per heavy atom. The molecular formula is C17H31NO2. The molecule has 2 N–H and O–H groups in total. The van der Waals surface area contributed by atoms with E-state index in [0.29, 0.717) is 22.9 Å². The van der Waals surface area contributed by atoms with Crippen LogP contribution in [0, 0.1) is 16.7 Å². The third-order valence-electron chi connectivity index (χ3n) is 5.10. The van der Waals surface area contributed by atoms with E-state index in [1.807, 2.05) is 0 Å². The van der Waals surface area contributed by atoms with Crippen LogP contribution in [0.2, 0.25) is 0 Å². The summed E-state index contributed by atoms with van der Waals surface area (Å²) in [5.74, 6) is -0.712. The maximum Gasteiger partial charge on any atom is 0.306 e. The summed E-state index contributed by atoms with van der Waals surface area (Å²) in [4.78, 5) is 11.0. The van der Waals surface area contributed by atoms with Gasteiger partial charge in [0.2, 0.25) is 0 Å². The fourth-order valence-corrected chi connectivity index (χ4v) is 4.80. The van der Waals surface area contributed by atoms with Crippen molar-refractivity contribution in [2.24, 2.45) is 16.7 Å². The van der Waals surface area contributed by atoms with E-state index in [-0.39, 0.29) is 5.92 Å². The molecule has 2 rings (SSSR count). The van der Waals surface area contributed by atoms with Gasteiger partial charge in [-0.05, 0) is 55.8 Å². The lowest BCUT2D eigenvalue weighted by atomic mass is 9.63. The molecule has 20 heavy (non-hydrogen) atoms. The monoisotopic (exact) mass is 281 g/mol. The molecule has 0 aromatic carbocycles. The van der Waals surface area contributed by atoms with Gasteiger partial charge in [0, 0.05) is 12.1 Å². The Labute approximate surface area is 123 Å². The van der Waals surface area contributed by atoms with Crippen molar-refractivity contribution >= 4 is 5.97 Å². The lowest BCUT2D eigenvalue weighted by molar-refractivity contribution is -0.142. The number of carbonyl (C=O) groups is 1. The predicted molar refractivity (Wildman–Crippen MR) is 81.7 cm³/mol. The molecule has 3 heteroatoms. The lowest BCUT2D eigenvalue weighted by Crippen LogP contribution is -2.48. The van der Waals surface area contributed by atoms with Crippen LogP contribution in [0.15, 0.2) is 0 Å². The van der Waals surface area contributed by atoms with Crippen LogP contribution in [0.1, 0.15) is 72.6 Å². The lowest BCUT2D eigenvalue weighted by Gasteiger charge is -2.46. The first-order valence-corrected chi connectivity index (χ1v) is 8.16. The maximum atomic E-state index is 11.0. The molecule has 0 aromatic heterocycles. The van der Waals surface area contributed by atoms with E-state index in [2.05, 4.69) is 33.0 Å². The fourth-order valence-electron chi connectivity index (χ4n) is 4.80. The van der Waals surface area contributed by atoms with Crippen LogP contribution in [-0.2, 0) is 4.79 Å². The van der Waals surface area contributed by atoms with Gasteiger partial charge in [-0.1, -0.05) is 27.7 Å². The van der Waals surface area contributed by atoms with E-state index in [1.54, 1.807) is 0 Å². The molecule has 0 heterocycles. The topological polar surface area (TPSA) is 49.3 Å². The molecule has 116 valence electrons. The number of hydrogen-bond donors (Lipinski definition) is 2. The summed E-state index contributed by atoms with van der Waals surface area (Å²) in [6.07, 6.45) is 7.51. The summed E-state index contributed by atoms with van der Waals surface area (Å²) in [7, 11) is 0. The molecule has 0 unspecified atom stereocenters. The minimum absolute atomic E-state index is 0.104. The summed E-state index contributed by atoms with van der Waals surface area (Å²) >= 11 is 0. The van der Waals surface area contributed by atoms with Gasteiger partial charge in [0.15, 0.2) is 0 Å². The molecule has 2 aliphatic rings. The summed E-state index contributed by atoms with van der Waals surface area (Å²) in [6.45, 7) is 9.52. The Hall–Kier alpha value is -0.570. The van der Waals surface area contributed by atoms with Gasteiger partial charge < -0.3 is 10.4 Å². The van der Waals surface area contributed by atoms with Crippen LogP contribution < -0.4 is 5.32 Å². The van der Waals surface area contributed by atoms with Gasteiger partial charge in [0.05, 0.1) is 5.92 Å². The van der Waals surface area contributed by atoms with E-state index in [0.717, 1.165) is 25.7 Å². The van der Waals surface area contributed by atoms with Gasteiger partial charge in [0.25, 0.3) is 0 Å². The highest BCUT2D eigenvalue weighted by atomic mass is 16.4. The normalized spacial score (nSPS) is 33.8. The summed E-state index contributed by atoms with van der Waals surface area (Å²) < 4.78 is 0. The Balaban J connectivity index is 1.86. The van der Waals surface area contributed by atoms with Crippen molar-refractivity contribution < 1.29 is 9.90 Å². The number of nitrogens with one attached hydrogen (secondary N) is 1. The molecule has 0 aliphatic heterocycles. The Kier molecular flexibility index (Phi) is 4.48. The molecular weight excluding hydrogens is 250 g/mol. The summed E-state index contributed by atoms with van der Waals surface area (Å²) in [6, 6.07) is 1.13. The zero-order chi connectivity index (χ0) is 15.0. The van der Waals surface area contributed by atoms with E-state index in [1.165, 1.54) is 19.3 Å². The van der Waals surface area contributed by atoms with Crippen LogP contribution in [-0.4, -0.2) is 23.2 Å². The summed E-state index contributed by atoms with van der Waals surface area (Å²) in [5, 5.41) is 12.9. The van der Waals surface area contributed by atoms with E-state index >= 15 is 0 Å². The number of carboxylic acids is 1. The van der Waals surface area contributed by atoms with Crippen molar-refractivity contribution in [3.63, 3.8) is 0 Å². The molecule has 2 aliphatic carbocycles. The predicted octanol–water partition coefficient (Wildman–Crippen LogP) is 3.82. The van der Waals surface area contributed by atoms with Crippen molar-refractivity contribution in [3.8, 4) is 0 Å². The van der Waals surface area contributed by atoms with Crippen LogP contribution in [0.25, 0.3) is 0 Å². The highest BCUT2D eigenvalue weighted by Crippen LogP contribution is 2.46. The number of rotatable bonds is 3. The van der Waals surface area contributed by atoms with Crippen molar-refractivity contribution in [3.05, 3.63) is 0 Å². The molecule has 0 aromatic rings. The second-order valence-electron chi connectivity index (χ2n) is 8.66. The molecule has 3 nitrogen and oxygen atoms in total. The van der Waals surface area contributed by atoms with Gasteiger partial charge in [0.1, 0.15) is 0 Å². The van der Waals surface area contributed by atoms with E-state index in [4.69, 9.17) is 5.11 Å². The maximum absolute atomic E-state index is 11.0. The van der Waals surface area contributed by atoms with Gasteiger partial charge in [-0.15, -0.1) is 0 Å². The van der Waals surface area contributed by atoms with Gasteiger partial charge in [-0.3, -0.25) is 4.79 Å². The van der Waals surface area contributed by atoms with Gasteiger partial charge >= 0.3 is 5.97 Å². The minimum Gasteiger partial charge on any atom is -0.481 e. The molecule has 2 saturated carbocycles. The van der Waals surface area contributed by atoms with Crippen molar-refractivity contribution in [2.75, 3.05) is 0 Å². The molecule has 0 bridgehead atoms. The highest BCUT2D eigenvalue weighted by Gasteiger charge is 2.39. The van der Waals surface area contributed by atoms with Crippen molar-refractivity contribution in [1.29, 1.82) is 0 Å². The first-order valence-electron chi connectivity index (χ1n) is 8.16. The van der Waals surface area contributed by atoms with Crippen LogP contribution >= 0.6 is 0 Å². The first kappa shape index (κ1) is 15.8. The summed E-state index contributed by atoms with van der Waals surface area (Å²) in [5.41, 5.74) is 0.829. The van der Waals surface area contributed by atoms with E-state index in [9.17, 15) is 4.79 Å². The van der Waals surface area contributed by atoms with Crippen molar-refractivity contribution in [2.45, 2.75) is 84.7 Å².